The van der Waals surface area contributed by atoms with Gasteiger partial charge in [-0.2, -0.15) is 0 Å². The van der Waals surface area contributed by atoms with Gasteiger partial charge in [-0.1, -0.05) is 31.2 Å². The van der Waals surface area contributed by atoms with E-state index in [4.69, 9.17) is 4.74 Å². The van der Waals surface area contributed by atoms with Crippen LogP contribution in [0.1, 0.15) is 24.5 Å². The van der Waals surface area contributed by atoms with E-state index in [9.17, 15) is 9.18 Å². The van der Waals surface area contributed by atoms with E-state index in [0.29, 0.717) is 13.0 Å². The number of amides is 1. The van der Waals surface area contributed by atoms with Crippen molar-refractivity contribution >= 4 is 5.91 Å². The van der Waals surface area contributed by atoms with Crippen LogP contribution in [-0.4, -0.2) is 19.6 Å². The summed E-state index contributed by atoms with van der Waals surface area (Å²) in [7, 11) is 1.65. The summed E-state index contributed by atoms with van der Waals surface area (Å²) in [4.78, 5) is 12.1. The molecule has 0 aliphatic heterocycles. The Hall–Kier alpha value is -2.36. The fraction of sp³-hybridized carbons (Fsp3) is 0.350. The number of rotatable bonds is 8. The van der Waals surface area contributed by atoms with Gasteiger partial charge < -0.3 is 10.1 Å². The van der Waals surface area contributed by atoms with Crippen LogP contribution < -0.4 is 10.1 Å². The first kappa shape index (κ1) is 18.0. The monoisotopic (exact) mass is 329 g/mol. The molecule has 0 aromatic heterocycles. The maximum atomic E-state index is 12.9. The molecular formula is C20H24FNO2. The van der Waals surface area contributed by atoms with Crippen LogP contribution in [-0.2, 0) is 17.6 Å². The molecule has 24 heavy (non-hydrogen) atoms. The van der Waals surface area contributed by atoms with E-state index in [0.717, 1.165) is 24.2 Å². The van der Waals surface area contributed by atoms with Crippen molar-refractivity contribution in [2.75, 3.05) is 13.7 Å². The Morgan fingerprint density at radius 1 is 1.08 bits per heavy atom. The van der Waals surface area contributed by atoms with Crippen LogP contribution in [0.15, 0.2) is 48.5 Å². The summed E-state index contributed by atoms with van der Waals surface area (Å²) in [6, 6.07) is 14.3. The molecule has 0 aliphatic carbocycles. The van der Waals surface area contributed by atoms with Crippen LogP contribution in [0.5, 0.6) is 5.75 Å². The summed E-state index contributed by atoms with van der Waals surface area (Å²) < 4.78 is 18.0. The molecule has 1 atom stereocenters. The summed E-state index contributed by atoms with van der Waals surface area (Å²) in [5, 5.41) is 2.97. The molecule has 2 aromatic carbocycles. The van der Waals surface area contributed by atoms with Crippen molar-refractivity contribution in [1.82, 2.24) is 5.32 Å². The minimum absolute atomic E-state index is 0.0362. The Morgan fingerprint density at radius 3 is 2.33 bits per heavy atom. The summed E-state index contributed by atoms with van der Waals surface area (Å²) in [5.41, 5.74) is 2.20. The molecule has 0 aliphatic rings. The molecule has 1 unspecified atom stereocenters. The fourth-order valence-electron chi connectivity index (χ4n) is 2.54. The molecule has 2 aromatic rings. The van der Waals surface area contributed by atoms with Crippen molar-refractivity contribution in [3.63, 3.8) is 0 Å². The number of hydrogen-bond donors (Lipinski definition) is 1. The number of nitrogens with one attached hydrogen (secondary N) is 1. The average Bonchev–Trinajstić information content (AvgIpc) is 2.61. The van der Waals surface area contributed by atoms with E-state index in [-0.39, 0.29) is 17.6 Å². The van der Waals surface area contributed by atoms with Gasteiger partial charge in [-0.15, -0.1) is 0 Å². The fourth-order valence-corrected chi connectivity index (χ4v) is 2.54. The molecule has 4 heteroatoms. The Balaban J connectivity index is 1.69. The van der Waals surface area contributed by atoms with E-state index >= 15 is 0 Å². The molecule has 0 heterocycles. The highest BCUT2D eigenvalue weighted by Crippen LogP contribution is 2.13. The highest BCUT2D eigenvalue weighted by molar-refractivity contribution is 5.78. The smallest absolute Gasteiger partial charge is 0.223 e. The van der Waals surface area contributed by atoms with Crippen LogP contribution in [0.2, 0.25) is 0 Å². The predicted octanol–water partition coefficient (Wildman–Crippen LogP) is 3.76. The zero-order valence-electron chi connectivity index (χ0n) is 14.2. The Morgan fingerprint density at radius 2 is 1.71 bits per heavy atom. The summed E-state index contributed by atoms with van der Waals surface area (Å²) in [6.45, 7) is 2.54. The molecule has 0 saturated carbocycles. The zero-order valence-corrected chi connectivity index (χ0v) is 14.2. The Labute approximate surface area is 142 Å². The van der Waals surface area contributed by atoms with Crippen LogP contribution in [0, 0.1) is 11.7 Å². The van der Waals surface area contributed by atoms with Gasteiger partial charge in [0.2, 0.25) is 5.91 Å². The van der Waals surface area contributed by atoms with Crippen molar-refractivity contribution in [1.29, 1.82) is 0 Å². The molecule has 1 N–H and O–H groups in total. The largest absolute Gasteiger partial charge is 0.497 e. The van der Waals surface area contributed by atoms with Crippen LogP contribution >= 0.6 is 0 Å². The first-order valence-electron chi connectivity index (χ1n) is 8.23. The third-order valence-electron chi connectivity index (χ3n) is 4.00. The van der Waals surface area contributed by atoms with Crippen LogP contribution in [0.3, 0.4) is 0 Å². The van der Waals surface area contributed by atoms with Gasteiger partial charge in [0.05, 0.1) is 7.11 Å². The number of carbonyl (C=O) groups excluding carboxylic acids is 1. The molecule has 0 radical (unpaired) electrons. The minimum atomic E-state index is -0.255. The van der Waals surface area contributed by atoms with Gasteiger partial charge in [0, 0.05) is 12.5 Å². The number of benzene rings is 2. The third-order valence-corrected chi connectivity index (χ3v) is 4.00. The molecule has 0 fully saturated rings. The van der Waals surface area contributed by atoms with Gasteiger partial charge in [0.1, 0.15) is 11.6 Å². The highest BCUT2D eigenvalue weighted by atomic mass is 19.1. The van der Waals surface area contributed by atoms with Gasteiger partial charge >= 0.3 is 0 Å². The normalized spacial score (nSPS) is 11.8. The van der Waals surface area contributed by atoms with E-state index < -0.39 is 0 Å². The number of carbonyl (C=O) groups is 1. The number of aryl methyl sites for hydroxylation is 1. The number of methoxy groups -OCH3 is 1. The van der Waals surface area contributed by atoms with E-state index in [2.05, 4.69) is 5.32 Å². The van der Waals surface area contributed by atoms with E-state index in [1.165, 1.54) is 17.7 Å². The minimum Gasteiger partial charge on any atom is -0.497 e. The third kappa shape index (κ3) is 5.69. The van der Waals surface area contributed by atoms with Crippen molar-refractivity contribution < 1.29 is 13.9 Å². The lowest BCUT2D eigenvalue weighted by atomic mass is 10.0. The van der Waals surface area contributed by atoms with Crippen molar-refractivity contribution in [3.05, 3.63) is 65.5 Å². The Kier molecular flexibility index (Phi) is 6.79. The summed E-state index contributed by atoms with van der Waals surface area (Å²) in [6.07, 6.45) is 2.42. The first-order chi connectivity index (χ1) is 11.6. The maximum Gasteiger partial charge on any atom is 0.223 e. The second kappa shape index (κ2) is 9.06. The lowest BCUT2D eigenvalue weighted by Gasteiger charge is -2.12. The van der Waals surface area contributed by atoms with Gasteiger partial charge in [-0.05, 0) is 54.7 Å². The van der Waals surface area contributed by atoms with Crippen LogP contribution in [0.25, 0.3) is 0 Å². The van der Waals surface area contributed by atoms with Gasteiger partial charge in [0.25, 0.3) is 0 Å². The van der Waals surface area contributed by atoms with Gasteiger partial charge in [-0.3, -0.25) is 4.79 Å². The molecule has 3 nitrogen and oxygen atoms in total. The predicted molar refractivity (Wildman–Crippen MR) is 93.6 cm³/mol. The molecule has 128 valence electrons. The molecule has 0 spiro atoms. The molecule has 0 bridgehead atoms. The van der Waals surface area contributed by atoms with Gasteiger partial charge in [0.15, 0.2) is 0 Å². The van der Waals surface area contributed by atoms with Crippen molar-refractivity contribution in [2.45, 2.75) is 26.2 Å². The van der Waals surface area contributed by atoms with E-state index in [1.54, 1.807) is 19.2 Å². The molecule has 2 rings (SSSR count). The maximum absolute atomic E-state index is 12.9. The van der Waals surface area contributed by atoms with Crippen molar-refractivity contribution in [2.24, 2.45) is 5.92 Å². The summed E-state index contributed by atoms with van der Waals surface area (Å²) >= 11 is 0. The lowest BCUT2D eigenvalue weighted by Crippen LogP contribution is -2.31. The number of halogens is 1. The Bertz CT molecular complexity index is 638. The molecule has 1 amide bonds. The SMILES string of the molecule is COc1ccc(CCCNC(=O)C(C)Cc2ccc(F)cc2)cc1. The number of ether oxygens (including phenoxy) is 1. The quantitative estimate of drug-likeness (QED) is 0.749. The first-order valence-corrected chi connectivity index (χ1v) is 8.23. The topological polar surface area (TPSA) is 38.3 Å². The number of hydrogen-bond acceptors (Lipinski definition) is 2. The average molecular weight is 329 g/mol. The van der Waals surface area contributed by atoms with E-state index in [1.807, 2.05) is 31.2 Å². The van der Waals surface area contributed by atoms with Gasteiger partial charge in [-0.25, -0.2) is 4.39 Å². The zero-order chi connectivity index (χ0) is 17.4. The summed E-state index contributed by atoms with van der Waals surface area (Å²) in [5.74, 6) is 0.501. The second-order valence-electron chi connectivity index (χ2n) is 5.97. The second-order valence-corrected chi connectivity index (χ2v) is 5.97. The highest BCUT2D eigenvalue weighted by Gasteiger charge is 2.12. The van der Waals surface area contributed by atoms with Crippen LogP contribution in [0.4, 0.5) is 4.39 Å². The molecule has 0 saturated heterocycles. The standard InChI is InChI=1S/C20H24FNO2/c1-15(14-17-5-9-18(21)10-6-17)20(23)22-13-3-4-16-7-11-19(24-2)12-8-16/h5-12,15H,3-4,13-14H2,1-2H3,(H,22,23). The molecular weight excluding hydrogens is 305 g/mol. The lowest BCUT2D eigenvalue weighted by molar-refractivity contribution is -0.124. The van der Waals surface area contributed by atoms with Crippen molar-refractivity contribution in [3.8, 4) is 5.75 Å².